The average molecular weight is 272 g/mol. The first-order valence-electron chi connectivity index (χ1n) is 5.24. The lowest BCUT2D eigenvalue weighted by molar-refractivity contribution is 0.0956. The van der Waals surface area contributed by atoms with Crippen molar-refractivity contribution in [2.75, 3.05) is 24.8 Å². The number of hydrogen-bond donors (Lipinski definition) is 4. The molecule has 0 heterocycles. The molecule has 0 unspecified atom stereocenters. The predicted molar refractivity (Wildman–Crippen MR) is 69.4 cm³/mol. The Labute approximate surface area is 106 Å². The minimum Gasteiger partial charge on any atom is -0.351 e. The van der Waals surface area contributed by atoms with Gasteiger partial charge in [-0.2, -0.15) is 0 Å². The molecule has 1 rings (SSSR count). The summed E-state index contributed by atoms with van der Waals surface area (Å²) in [6.45, 7) is 0.0545. The fourth-order valence-corrected chi connectivity index (χ4v) is 1.80. The van der Waals surface area contributed by atoms with Crippen LogP contribution in [0.5, 0.6) is 0 Å². The van der Waals surface area contributed by atoms with E-state index in [2.05, 4.69) is 15.5 Å². The number of nitrogens with one attached hydrogen (secondary N) is 3. The molecule has 0 fully saturated rings. The van der Waals surface area contributed by atoms with Crippen LogP contribution < -0.4 is 21.3 Å². The molecule has 0 spiro atoms. The summed E-state index contributed by atoms with van der Waals surface area (Å²) in [5, 5.41) is 2.52. The van der Waals surface area contributed by atoms with Crippen molar-refractivity contribution in [3.8, 4) is 0 Å². The number of amides is 1. The SMILES string of the molecule is CNS(=O)(=O)CCNC(=O)c1ccc(NN)cc1. The van der Waals surface area contributed by atoms with Crippen molar-refractivity contribution >= 4 is 21.6 Å². The number of benzene rings is 1. The van der Waals surface area contributed by atoms with Gasteiger partial charge in [0.15, 0.2) is 0 Å². The summed E-state index contributed by atoms with van der Waals surface area (Å²) in [7, 11) is -1.97. The number of nitrogens with two attached hydrogens (primary N) is 1. The van der Waals surface area contributed by atoms with Gasteiger partial charge in [-0.1, -0.05) is 0 Å². The van der Waals surface area contributed by atoms with Crippen LogP contribution in [-0.4, -0.2) is 33.7 Å². The highest BCUT2D eigenvalue weighted by atomic mass is 32.2. The summed E-state index contributed by atoms with van der Waals surface area (Å²) in [4.78, 5) is 11.6. The van der Waals surface area contributed by atoms with Gasteiger partial charge in [0, 0.05) is 17.8 Å². The zero-order chi connectivity index (χ0) is 13.6. The van der Waals surface area contributed by atoms with Crippen LogP contribution in [-0.2, 0) is 10.0 Å². The van der Waals surface area contributed by atoms with Gasteiger partial charge in [-0.05, 0) is 31.3 Å². The number of carbonyl (C=O) groups excluding carboxylic acids is 1. The number of hydrazine groups is 1. The van der Waals surface area contributed by atoms with Gasteiger partial charge >= 0.3 is 0 Å². The first-order valence-corrected chi connectivity index (χ1v) is 6.90. The molecule has 0 saturated heterocycles. The maximum atomic E-state index is 11.6. The molecule has 18 heavy (non-hydrogen) atoms. The van der Waals surface area contributed by atoms with Gasteiger partial charge in [0.2, 0.25) is 10.0 Å². The quantitative estimate of drug-likeness (QED) is 0.402. The molecular formula is C10H16N4O3S. The van der Waals surface area contributed by atoms with Gasteiger partial charge in [0.05, 0.1) is 5.75 Å². The molecule has 0 atom stereocenters. The number of anilines is 1. The third kappa shape index (κ3) is 4.32. The van der Waals surface area contributed by atoms with E-state index in [9.17, 15) is 13.2 Å². The minimum atomic E-state index is -3.30. The largest absolute Gasteiger partial charge is 0.351 e. The van der Waals surface area contributed by atoms with E-state index in [1.807, 2.05) is 0 Å². The van der Waals surface area contributed by atoms with Crippen LogP contribution in [0.2, 0.25) is 0 Å². The van der Waals surface area contributed by atoms with Crippen LogP contribution >= 0.6 is 0 Å². The van der Waals surface area contributed by atoms with E-state index in [0.717, 1.165) is 0 Å². The minimum absolute atomic E-state index is 0.0545. The monoisotopic (exact) mass is 272 g/mol. The molecule has 5 N–H and O–H groups in total. The molecule has 100 valence electrons. The van der Waals surface area contributed by atoms with Gasteiger partial charge in [-0.25, -0.2) is 13.1 Å². The first-order chi connectivity index (χ1) is 8.48. The van der Waals surface area contributed by atoms with Gasteiger partial charge in [0.1, 0.15) is 0 Å². The smallest absolute Gasteiger partial charge is 0.251 e. The Morgan fingerprint density at radius 2 is 1.89 bits per heavy atom. The molecule has 8 heteroatoms. The molecule has 0 aliphatic carbocycles. The lowest BCUT2D eigenvalue weighted by Gasteiger charge is -2.06. The lowest BCUT2D eigenvalue weighted by atomic mass is 10.2. The maximum Gasteiger partial charge on any atom is 0.251 e. The molecule has 0 saturated carbocycles. The Hall–Kier alpha value is -1.64. The third-order valence-corrected chi connectivity index (χ3v) is 3.64. The van der Waals surface area contributed by atoms with Crippen LogP contribution in [0.1, 0.15) is 10.4 Å². The van der Waals surface area contributed by atoms with Gasteiger partial charge < -0.3 is 10.7 Å². The fourth-order valence-electron chi connectivity index (χ4n) is 1.22. The van der Waals surface area contributed by atoms with E-state index >= 15 is 0 Å². The average Bonchev–Trinajstić information content (AvgIpc) is 2.38. The van der Waals surface area contributed by atoms with Crippen LogP contribution in [0.25, 0.3) is 0 Å². The molecule has 0 aliphatic rings. The van der Waals surface area contributed by atoms with Crippen LogP contribution in [0, 0.1) is 0 Å². The molecule has 1 aromatic rings. The second-order valence-electron chi connectivity index (χ2n) is 3.50. The standard InChI is InChI=1S/C10H16N4O3S/c1-12-18(16,17)7-6-13-10(15)8-2-4-9(14-11)5-3-8/h2-5,12,14H,6-7,11H2,1H3,(H,13,15). The fraction of sp³-hybridized carbons (Fsp3) is 0.300. The summed E-state index contributed by atoms with van der Waals surface area (Å²) in [5.74, 6) is 4.71. The van der Waals surface area contributed by atoms with Crippen molar-refractivity contribution in [3.05, 3.63) is 29.8 Å². The van der Waals surface area contributed by atoms with E-state index < -0.39 is 10.0 Å². The summed E-state index contributed by atoms with van der Waals surface area (Å²) in [6.07, 6.45) is 0. The summed E-state index contributed by atoms with van der Waals surface area (Å²) in [5.41, 5.74) is 3.57. The van der Waals surface area contributed by atoms with Crippen LogP contribution in [0.3, 0.4) is 0 Å². The Morgan fingerprint density at radius 3 is 2.39 bits per heavy atom. The predicted octanol–water partition coefficient (Wildman–Crippen LogP) is -0.749. The third-order valence-electron chi connectivity index (χ3n) is 2.28. The molecule has 1 amide bonds. The molecular weight excluding hydrogens is 256 g/mol. The Morgan fingerprint density at radius 1 is 1.28 bits per heavy atom. The highest BCUT2D eigenvalue weighted by molar-refractivity contribution is 7.89. The highest BCUT2D eigenvalue weighted by Gasteiger charge is 2.09. The van der Waals surface area contributed by atoms with Gasteiger partial charge in [0.25, 0.3) is 5.91 Å². The van der Waals surface area contributed by atoms with Crippen molar-refractivity contribution in [2.24, 2.45) is 5.84 Å². The Balaban J connectivity index is 2.50. The highest BCUT2D eigenvalue weighted by Crippen LogP contribution is 2.07. The van der Waals surface area contributed by atoms with Crippen LogP contribution in [0.15, 0.2) is 24.3 Å². The number of hydrogen-bond acceptors (Lipinski definition) is 5. The van der Waals surface area contributed by atoms with Crippen molar-refractivity contribution in [3.63, 3.8) is 0 Å². The number of carbonyl (C=O) groups is 1. The number of rotatable bonds is 6. The Kier molecular flexibility index (Phi) is 5.08. The maximum absolute atomic E-state index is 11.6. The molecule has 0 aliphatic heterocycles. The van der Waals surface area contributed by atoms with E-state index in [0.29, 0.717) is 11.3 Å². The second-order valence-corrected chi connectivity index (χ2v) is 5.55. The number of sulfonamides is 1. The van der Waals surface area contributed by atoms with Gasteiger partial charge in [-0.15, -0.1) is 0 Å². The van der Waals surface area contributed by atoms with Crippen LogP contribution in [0.4, 0.5) is 5.69 Å². The van der Waals surface area contributed by atoms with E-state index in [-0.39, 0.29) is 18.2 Å². The first kappa shape index (κ1) is 14.4. The van der Waals surface area contributed by atoms with E-state index in [1.54, 1.807) is 24.3 Å². The normalized spacial score (nSPS) is 11.0. The zero-order valence-electron chi connectivity index (χ0n) is 9.93. The van der Waals surface area contributed by atoms with Crippen molar-refractivity contribution in [2.45, 2.75) is 0 Å². The topological polar surface area (TPSA) is 113 Å². The number of nitrogen functional groups attached to an aromatic ring is 1. The zero-order valence-corrected chi connectivity index (χ0v) is 10.8. The molecule has 0 bridgehead atoms. The van der Waals surface area contributed by atoms with Crippen molar-refractivity contribution in [1.82, 2.24) is 10.0 Å². The lowest BCUT2D eigenvalue weighted by Crippen LogP contribution is -2.32. The Bertz CT molecular complexity index is 498. The summed E-state index contributed by atoms with van der Waals surface area (Å²) in [6, 6.07) is 6.49. The molecule has 7 nitrogen and oxygen atoms in total. The van der Waals surface area contributed by atoms with Crippen molar-refractivity contribution in [1.29, 1.82) is 0 Å². The summed E-state index contributed by atoms with van der Waals surface area (Å²) >= 11 is 0. The molecule has 1 aromatic carbocycles. The van der Waals surface area contributed by atoms with E-state index in [1.165, 1.54) is 7.05 Å². The second kappa shape index (κ2) is 6.34. The van der Waals surface area contributed by atoms with E-state index in [4.69, 9.17) is 5.84 Å². The molecule has 0 radical (unpaired) electrons. The van der Waals surface area contributed by atoms with Crippen molar-refractivity contribution < 1.29 is 13.2 Å². The van der Waals surface area contributed by atoms with Gasteiger partial charge in [-0.3, -0.25) is 10.6 Å². The summed E-state index contributed by atoms with van der Waals surface area (Å²) < 4.78 is 24.4. The molecule has 0 aromatic heterocycles.